The third kappa shape index (κ3) is 3.43. The first-order chi connectivity index (χ1) is 13.8. The maximum atomic E-state index is 13.8. The number of benzene rings is 1. The number of aliphatic hydroxyl groups is 1. The molecule has 3 heterocycles. The number of H-pyrrole nitrogens is 1. The number of amides is 2. The van der Waals surface area contributed by atoms with E-state index >= 15 is 0 Å². The number of anilines is 1. The number of aromatic nitrogens is 2. The van der Waals surface area contributed by atoms with Crippen molar-refractivity contribution in [1.82, 2.24) is 15.3 Å². The van der Waals surface area contributed by atoms with E-state index in [1.54, 1.807) is 0 Å². The molecule has 1 aliphatic heterocycles. The number of hydrogen-bond donors (Lipinski definition) is 3. The molecule has 7 nitrogen and oxygen atoms in total. The summed E-state index contributed by atoms with van der Waals surface area (Å²) < 4.78 is 27.2. The Balaban J connectivity index is 1.51. The van der Waals surface area contributed by atoms with E-state index in [4.69, 9.17) is 11.6 Å². The largest absolute Gasteiger partial charge is 0.372 e. The van der Waals surface area contributed by atoms with Crippen LogP contribution in [0, 0.1) is 11.6 Å². The lowest BCUT2D eigenvalue weighted by atomic mass is 10.0. The third-order valence-electron chi connectivity index (χ3n) is 4.83. The first-order valence-corrected chi connectivity index (χ1v) is 9.06. The Hall–Kier alpha value is -3.04. The Bertz CT molecular complexity index is 1120. The zero-order valence-corrected chi connectivity index (χ0v) is 15.6. The predicted molar refractivity (Wildman–Crippen MR) is 101 cm³/mol. The summed E-state index contributed by atoms with van der Waals surface area (Å²) in [6.07, 6.45) is 2.35. The van der Waals surface area contributed by atoms with Crippen LogP contribution in [0.15, 0.2) is 36.7 Å². The molecule has 1 aromatic carbocycles. The van der Waals surface area contributed by atoms with Gasteiger partial charge in [-0.25, -0.2) is 13.8 Å². The first kappa shape index (κ1) is 19.3. The van der Waals surface area contributed by atoms with Gasteiger partial charge in [0.1, 0.15) is 17.3 Å². The normalized spacial score (nSPS) is 19.2. The van der Waals surface area contributed by atoms with E-state index in [9.17, 15) is 23.5 Å². The summed E-state index contributed by atoms with van der Waals surface area (Å²) in [4.78, 5) is 33.1. The fourth-order valence-electron chi connectivity index (χ4n) is 3.31. The molecule has 1 fully saturated rings. The molecule has 4 rings (SSSR count). The van der Waals surface area contributed by atoms with Gasteiger partial charge in [0.2, 0.25) is 5.60 Å². The molecule has 150 valence electrons. The van der Waals surface area contributed by atoms with Gasteiger partial charge in [-0.05, 0) is 29.8 Å². The summed E-state index contributed by atoms with van der Waals surface area (Å²) in [6.45, 7) is -0.0677. The molecular formula is C19H15ClF2N4O3. The minimum absolute atomic E-state index is 0.0494. The van der Waals surface area contributed by atoms with Gasteiger partial charge in [0.05, 0.1) is 17.3 Å². The van der Waals surface area contributed by atoms with Crippen LogP contribution in [-0.2, 0) is 16.1 Å². The maximum absolute atomic E-state index is 13.8. The number of fused-ring (bicyclic) bond motifs is 1. The van der Waals surface area contributed by atoms with Gasteiger partial charge in [-0.1, -0.05) is 11.6 Å². The van der Waals surface area contributed by atoms with Crippen LogP contribution < -0.4 is 10.2 Å². The van der Waals surface area contributed by atoms with Crippen LogP contribution in [0.2, 0.25) is 5.02 Å². The van der Waals surface area contributed by atoms with Crippen LogP contribution in [0.4, 0.5) is 14.5 Å². The van der Waals surface area contributed by atoms with Crippen molar-refractivity contribution in [2.75, 3.05) is 11.4 Å². The van der Waals surface area contributed by atoms with Crippen LogP contribution in [0.1, 0.15) is 12.0 Å². The molecule has 0 unspecified atom stereocenters. The van der Waals surface area contributed by atoms with E-state index in [0.29, 0.717) is 11.2 Å². The fraction of sp³-hybridized carbons (Fsp3) is 0.211. The Labute approximate surface area is 168 Å². The standard InChI is InChI=1S/C19H15ClF2N4O3/c20-11-3-10(4-12(21)5-11)7-25-17(27)19(29)1-2-26(18(19)28)13-6-14-15(22)9-24-16(14)23-8-13/h3-6,8-9,29H,1-2,7H2,(H,23,24)(H,25,27)/t19-/m0/s1. The molecule has 0 spiro atoms. The van der Waals surface area contributed by atoms with Gasteiger partial charge in [0.15, 0.2) is 0 Å². The summed E-state index contributed by atoms with van der Waals surface area (Å²) in [5, 5.41) is 13.5. The number of pyridine rings is 1. The lowest BCUT2D eigenvalue weighted by molar-refractivity contribution is -0.149. The molecule has 3 N–H and O–H groups in total. The molecular weight excluding hydrogens is 406 g/mol. The highest BCUT2D eigenvalue weighted by Crippen LogP contribution is 2.30. The Morgan fingerprint density at radius 2 is 2.14 bits per heavy atom. The summed E-state index contributed by atoms with van der Waals surface area (Å²) in [6, 6.07) is 5.19. The fourth-order valence-corrected chi connectivity index (χ4v) is 3.56. The molecule has 1 aliphatic rings. The molecule has 1 atom stereocenters. The first-order valence-electron chi connectivity index (χ1n) is 8.68. The van der Waals surface area contributed by atoms with Crippen molar-refractivity contribution in [2.45, 2.75) is 18.6 Å². The highest BCUT2D eigenvalue weighted by Gasteiger charge is 2.51. The van der Waals surface area contributed by atoms with Gasteiger partial charge in [-0.2, -0.15) is 0 Å². The zero-order valence-electron chi connectivity index (χ0n) is 14.9. The highest BCUT2D eigenvalue weighted by molar-refractivity contribution is 6.30. The molecule has 1 saturated heterocycles. The van der Waals surface area contributed by atoms with Crippen molar-refractivity contribution >= 4 is 40.1 Å². The Morgan fingerprint density at radius 3 is 2.90 bits per heavy atom. The van der Waals surface area contributed by atoms with E-state index in [1.807, 2.05) is 0 Å². The van der Waals surface area contributed by atoms with E-state index < -0.39 is 29.0 Å². The van der Waals surface area contributed by atoms with E-state index in [1.165, 1.54) is 29.3 Å². The van der Waals surface area contributed by atoms with E-state index in [2.05, 4.69) is 15.3 Å². The van der Waals surface area contributed by atoms with Crippen molar-refractivity contribution in [2.24, 2.45) is 0 Å². The number of hydrogen-bond acceptors (Lipinski definition) is 4. The monoisotopic (exact) mass is 420 g/mol. The molecule has 29 heavy (non-hydrogen) atoms. The Morgan fingerprint density at radius 1 is 1.34 bits per heavy atom. The van der Waals surface area contributed by atoms with Crippen molar-refractivity contribution in [3.63, 3.8) is 0 Å². The molecule has 0 bridgehead atoms. The minimum atomic E-state index is -2.29. The second-order valence-corrected chi connectivity index (χ2v) is 7.19. The molecule has 0 saturated carbocycles. The van der Waals surface area contributed by atoms with Crippen molar-refractivity contribution in [3.8, 4) is 0 Å². The van der Waals surface area contributed by atoms with Crippen LogP contribution in [0.25, 0.3) is 11.0 Å². The summed E-state index contributed by atoms with van der Waals surface area (Å²) in [5.74, 6) is -2.84. The second kappa shape index (κ2) is 7.09. The van der Waals surface area contributed by atoms with Gasteiger partial charge in [0.25, 0.3) is 11.8 Å². The molecule has 2 aromatic heterocycles. The number of carbonyl (C=O) groups is 2. The van der Waals surface area contributed by atoms with Crippen molar-refractivity contribution < 1.29 is 23.5 Å². The van der Waals surface area contributed by atoms with Gasteiger partial charge in [-0.15, -0.1) is 0 Å². The quantitative estimate of drug-likeness (QED) is 0.564. The summed E-state index contributed by atoms with van der Waals surface area (Å²) in [7, 11) is 0. The maximum Gasteiger partial charge on any atom is 0.268 e. The van der Waals surface area contributed by atoms with Crippen LogP contribution >= 0.6 is 11.6 Å². The van der Waals surface area contributed by atoms with Crippen molar-refractivity contribution in [1.29, 1.82) is 0 Å². The van der Waals surface area contributed by atoms with Crippen molar-refractivity contribution in [3.05, 3.63) is 58.9 Å². The van der Waals surface area contributed by atoms with E-state index in [0.717, 1.165) is 12.3 Å². The average molecular weight is 421 g/mol. The van der Waals surface area contributed by atoms with E-state index in [-0.39, 0.29) is 35.6 Å². The average Bonchev–Trinajstić information content (AvgIpc) is 3.20. The third-order valence-corrected chi connectivity index (χ3v) is 5.04. The zero-order chi connectivity index (χ0) is 20.8. The lowest BCUT2D eigenvalue weighted by Crippen LogP contribution is -2.52. The van der Waals surface area contributed by atoms with Gasteiger partial charge < -0.3 is 20.3 Å². The minimum Gasteiger partial charge on any atom is -0.372 e. The summed E-state index contributed by atoms with van der Waals surface area (Å²) >= 11 is 5.78. The summed E-state index contributed by atoms with van der Waals surface area (Å²) in [5.41, 5.74) is -1.32. The SMILES string of the molecule is O=C(NCc1cc(F)cc(Cl)c1)[C@@]1(O)CCN(c2cnc3[nH]cc(F)c3c2)C1=O. The number of carbonyl (C=O) groups excluding carboxylic acids is 2. The Kier molecular flexibility index (Phi) is 4.71. The number of aromatic amines is 1. The second-order valence-electron chi connectivity index (χ2n) is 6.75. The number of halogens is 3. The number of nitrogens with zero attached hydrogens (tertiary/aromatic N) is 2. The van der Waals surface area contributed by atoms with Crippen LogP contribution in [0.3, 0.4) is 0 Å². The number of nitrogens with one attached hydrogen (secondary N) is 2. The molecule has 0 radical (unpaired) electrons. The molecule has 10 heteroatoms. The lowest BCUT2D eigenvalue weighted by Gasteiger charge is -2.21. The van der Waals surface area contributed by atoms with Gasteiger partial charge >= 0.3 is 0 Å². The smallest absolute Gasteiger partial charge is 0.268 e. The topological polar surface area (TPSA) is 98.3 Å². The van der Waals surface area contributed by atoms with Crippen LogP contribution in [0.5, 0.6) is 0 Å². The molecule has 2 amide bonds. The van der Waals surface area contributed by atoms with Crippen LogP contribution in [-0.4, -0.2) is 39.0 Å². The number of rotatable bonds is 4. The molecule has 0 aliphatic carbocycles. The highest BCUT2D eigenvalue weighted by atomic mass is 35.5. The molecule has 3 aromatic rings. The van der Waals surface area contributed by atoms with Gasteiger partial charge in [0, 0.05) is 30.7 Å². The van der Waals surface area contributed by atoms with Gasteiger partial charge in [-0.3, -0.25) is 9.59 Å². The predicted octanol–water partition coefficient (Wildman–Crippen LogP) is 2.28.